The number of pyridine rings is 1. The summed E-state index contributed by atoms with van der Waals surface area (Å²) in [5.74, 6) is -0.518. The quantitative estimate of drug-likeness (QED) is 0.596. The van der Waals surface area contributed by atoms with Crippen LogP contribution in [-0.4, -0.2) is 19.2 Å². The minimum Gasteiger partial charge on any atom is -0.244 e. The van der Waals surface area contributed by atoms with Crippen LogP contribution in [-0.2, 0) is 16.6 Å². The van der Waals surface area contributed by atoms with Crippen LogP contribution in [0.15, 0.2) is 12.3 Å². The van der Waals surface area contributed by atoms with Crippen molar-refractivity contribution >= 4 is 21.8 Å². The number of rotatable bonds is 3. The fourth-order valence-corrected chi connectivity index (χ4v) is 1.58. The Labute approximate surface area is 87.1 Å². The molecule has 0 aliphatic carbocycles. The maximum Gasteiger partial charge on any atom is 0.302 e. The first-order chi connectivity index (χ1) is 6.38. The number of nitrogens with zero attached hydrogens (tertiary/aromatic N) is 1. The maximum atomic E-state index is 12.2. The minimum absolute atomic E-state index is 0.115. The smallest absolute Gasteiger partial charge is 0.244 e. The molecule has 78 valence electrons. The van der Waals surface area contributed by atoms with Crippen molar-refractivity contribution in [3.63, 3.8) is 0 Å². The number of hydrogen-bond donors (Lipinski definition) is 0. The van der Waals surface area contributed by atoms with Crippen molar-refractivity contribution in [2.24, 2.45) is 0 Å². The van der Waals surface area contributed by atoms with Crippen molar-refractivity contribution < 1.29 is 12.3 Å². The lowest BCUT2D eigenvalue weighted by atomic mass is 10.2. The fourth-order valence-electron chi connectivity index (χ4n) is 0.993. The molecule has 0 saturated heterocycles. The first-order valence-electron chi connectivity index (χ1n) is 3.92. The predicted octanol–water partition coefficient (Wildman–Crippen LogP) is 1.89. The van der Waals surface area contributed by atoms with Gasteiger partial charge in [-0.2, -0.15) is 8.42 Å². The Morgan fingerprint density at radius 3 is 2.71 bits per heavy atom. The summed E-state index contributed by atoms with van der Waals surface area (Å²) in [4.78, 5) is 3.83. The lowest BCUT2D eigenvalue weighted by Gasteiger charge is -2.01. The molecule has 0 unspecified atom stereocenters. The normalized spacial score (nSPS) is 11.6. The molecule has 0 aliphatic rings. The van der Waals surface area contributed by atoms with Crippen molar-refractivity contribution in [1.29, 1.82) is 0 Å². The van der Waals surface area contributed by atoms with Crippen molar-refractivity contribution in [3.05, 3.63) is 28.5 Å². The molecule has 0 radical (unpaired) electrons. The molecule has 0 spiro atoms. The summed E-state index contributed by atoms with van der Waals surface area (Å²) in [6.07, 6.45) is 1.56. The van der Waals surface area contributed by atoms with Gasteiger partial charge in [0.2, 0.25) is 0 Å². The van der Waals surface area contributed by atoms with E-state index >= 15 is 0 Å². The zero-order chi connectivity index (χ0) is 10.8. The van der Waals surface area contributed by atoms with Crippen LogP contribution in [0.1, 0.15) is 11.1 Å². The average Bonchev–Trinajstić information content (AvgIpc) is 2.06. The van der Waals surface area contributed by atoms with Crippen LogP contribution >= 0.6 is 11.6 Å². The molecule has 1 aromatic heterocycles. The van der Waals surface area contributed by atoms with Crippen LogP contribution in [0.4, 0.5) is 3.89 Å². The van der Waals surface area contributed by atoms with Crippen LogP contribution in [0, 0.1) is 6.92 Å². The lowest BCUT2D eigenvalue weighted by Crippen LogP contribution is -2.02. The van der Waals surface area contributed by atoms with Gasteiger partial charge in [-0.15, -0.1) is 3.89 Å². The Morgan fingerprint density at radius 1 is 1.57 bits per heavy atom. The molecule has 0 bridgehead atoms. The topological polar surface area (TPSA) is 47.0 Å². The van der Waals surface area contributed by atoms with E-state index in [-0.39, 0.29) is 6.42 Å². The third-order valence-electron chi connectivity index (χ3n) is 1.71. The molecular formula is C8H9ClFNO2S. The van der Waals surface area contributed by atoms with E-state index in [2.05, 4.69) is 4.98 Å². The van der Waals surface area contributed by atoms with Gasteiger partial charge in [-0.25, -0.2) is 4.98 Å². The highest BCUT2D eigenvalue weighted by Crippen LogP contribution is 2.13. The molecule has 0 amide bonds. The average molecular weight is 238 g/mol. The molecule has 0 aromatic carbocycles. The van der Waals surface area contributed by atoms with Gasteiger partial charge in [0.15, 0.2) is 0 Å². The van der Waals surface area contributed by atoms with Crippen molar-refractivity contribution in [2.75, 3.05) is 5.75 Å². The third-order valence-corrected chi connectivity index (χ3v) is 2.79. The first kappa shape index (κ1) is 11.4. The van der Waals surface area contributed by atoms with Crippen LogP contribution in [0.5, 0.6) is 0 Å². The Kier molecular flexibility index (Phi) is 3.44. The summed E-state index contributed by atoms with van der Waals surface area (Å²) >= 11 is 5.67. The molecule has 3 nitrogen and oxygen atoms in total. The summed E-state index contributed by atoms with van der Waals surface area (Å²) in [6, 6.07) is 1.69. The van der Waals surface area contributed by atoms with Crippen molar-refractivity contribution in [1.82, 2.24) is 4.98 Å². The number of aromatic nitrogens is 1. The zero-order valence-corrected chi connectivity index (χ0v) is 9.07. The van der Waals surface area contributed by atoms with Gasteiger partial charge in [-0.3, -0.25) is 0 Å². The molecule has 1 aromatic rings. The second-order valence-corrected chi connectivity index (χ2v) is 4.79. The molecule has 14 heavy (non-hydrogen) atoms. The standard InChI is InChI=1S/C8H9ClFNO2S/c1-6-4-7(5-11-8(6)9)2-3-14(10,12)13/h4-5H,2-3H2,1H3. The molecule has 1 rings (SSSR count). The van der Waals surface area contributed by atoms with Gasteiger partial charge in [0, 0.05) is 6.20 Å². The molecule has 0 N–H and O–H groups in total. The molecule has 0 fully saturated rings. The summed E-state index contributed by atoms with van der Waals surface area (Å²) in [6.45, 7) is 1.75. The molecule has 0 saturated carbocycles. The van der Waals surface area contributed by atoms with Crippen LogP contribution < -0.4 is 0 Å². The monoisotopic (exact) mass is 237 g/mol. The molecular weight excluding hydrogens is 229 g/mol. The van der Waals surface area contributed by atoms with E-state index in [0.29, 0.717) is 10.7 Å². The van der Waals surface area contributed by atoms with E-state index in [1.165, 1.54) is 6.20 Å². The molecule has 0 atom stereocenters. The Bertz CT molecular complexity index is 433. The number of halogens is 2. The Hall–Kier alpha value is -0.680. The first-order valence-corrected chi connectivity index (χ1v) is 5.85. The lowest BCUT2D eigenvalue weighted by molar-refractivity contribution is 0.551. The Balaban J connectivity index is 2.74. The summed E-state index contributed by atoms with van der Waals surface area (Å²) in [5.41, 5.74) is 1.41. The molecule has 0 aliphatic heterocycles. The van der Waals surface area contributed by atoms with Gasteiger partial charge in [-0.05, 0) is 24.5 Å². The second-order valence-electron chi connectivity index (χ2n) is 2.94. The third kappa shape index (κ3) is 3.59. The van der Waals surface area contributed by atoms with Gasteiger partial charge in [-0.1, -0.05) is 17.7 Å². The number of aryl methyl sites for hydroxylation is 2. The van der Waals surface area contributed by atoms with Gasteiger partial charge in [0.1, 0.15) is 5.15 Å². The van der Waals surface area contributed by atoms with Gasteiger partial charge in [0.25, 0.3) is 0 Å². The second kappa shape index (κ2) is 4.23. The van der Waals surface area contributed by atoms with Gasteiger partial charge in [0.05, 0.1) is 5.75 Å². The van der Waals surface area contributed by atoms with E-state index in [1.54, 1.807) is 13.0 Å². The highest BCUT2D eigenvalue weighted by atomic mass is 35.5. The van der Waals surface area contributed by atoms with Crippen LogP contribution in [0.2, 0.25) is 5.15 Å². The summed E-state index contributed by atoms with van der Waals surface area (Å²) < 4.78 is 32.7. The zero-order valence-electron chi connectivity index (χ0n) is 7.50. The summed E-state index contributed by atoms with van der Waals surface area (Å²) in [5, 5.41) is 0.372. The maximum absolute atomic E-state index is 12.2. The highest BCUT2D eigenvalue weighted by Gasteiger charge is 2.08. The predicted molar refractivity (Wildman–Crippen MR) is 52.6 cm³/mol. The summed E-state index contributed by atoms with van der Waals surface area (Å²) in [7, 11) is -4.41. The molecule has 1 heterocycles. The number of hydrogen-bond acceptors (Lipinski definition) is 3. The SMILES string of the molecule is Cc1cc(CCS(=O)(=O)F)cnc1Cl. The molecule has 6 heteroatoms. The van der Waals surface area contributed by atoms with Crippen molar-refractivity contribution in [2.45, 2.75) is 13.3 Å². The largest absolute Gasteiger partial charge is 0.302 e. The van der Waals surface area contributed by atoms with Crippen molar-refractivity contribution in [3.8, 4) is 0 Å². The highest BCUT2D eigenvalue weighted by molar-refractivity contribution is 7.86. The van der Waals surface area contributed by atoms with Crippen LogP contribution in [0.3, 0.4) is 0 Å². The van der Waals surface area contributed by atoms with E-state index in [0.717, 1.165) is 5.56 Å². The minimum atomic E-state index is -4.41. The fraction of sp³-hybridized carbons (Fsp3) is 0.375. The Morgan fingerprint density at radius 2 is 2.21 bits per heavy atom. The van der Waals surface area contributed by atoms with E-state index in [1.807, 2.05) is 0 Å². The van der Waals surface area contributed by atoms with Gasteiger partial charge < -0.3 is 0 Å². The van der Waals surface area contributed by atoms with E-state index < -0.39 is 16.0 Å². The van der Waals surface area contributed by atoms with Gasteiger partial charge >= 0.3 is 10.2 Å². The van der Waals surface area contributed by atoms with E-state index in [4.69, 9.17) is 11.6 Å². The van der Waals surface area contributed by atoms with E-state index in [9.17, 15) is 12.3 Å². The van der Waals surface area contributed by atoms with Crippen LogP contribution in [0.25, 0.3) is 0 Å².